The van der Waals surface area contributed by atoms with Crippen molar-refractivity contribution in [3.8, 4) is 5.75 Å². The van der Waals surface area contributed by atoms with Gasteiger partial charge in [0.25, 0.3) is 0 Å². The van der Waals surface area contributed by atoms with E-state index in [1.54, 1.807) is 48.5 Å². The number of halogens is 3. The molecule has 1 atom stereocenters. The summed E-state index contributed by atoms with van der Waals surface area (Å²) < 4.78 is 54.5. The van der Waals surface area contributed by atoms with Crippen molar-refractivity contribution in [1.29, 1.82) is 0 Å². The number of hydrogen-bond acceptors (Lipinski definition) is 3. The second kappa shape index (κ2) is 11.5. The second-order valence-corrected chi connectivity index (χ2v) is 10.3. The summed E-state index contributed by atoms with van der Waals surface area (Å²) in [6, 6.07) is 18.2. The number of carbonyl (C=O) groups is 1. The minimum atomic E-state index is -0.612. The lowest BCUT2D eigenvalue weighted by atomic mass is 9.83. The molecule has 8 heteroatoms. The molecule has 3 aromatic carbocycles. The van der Waals surface area contributed by atoms with Gasteiger partial charge in [-0.3, -0.25) is 4.90 Å². The van der Waals surface area contributed by atoms with Gasteiger partial charge in [0.2, 0.25) is 0 Å². The minimum absolute atomic E-state index is 0.0603. The molecule has 0 radical (unpaired) electrons. The maximum Gasteiger partial charge on any atom is 0.415 e. The van der Waals surface area contributed by atoms with Gasteiger partial charge in [0.15, 0.2) is 17.7 Å². The molecular weight excluding hydrogens is 493 g/mol. The summed E-state index contributed by atoms with van der Waals surface area (Å²) in [6.07, 6.45) is 1.76. The number of para-hydroxylation sites is 2. The van der Waals surface area contributed by atoms with Gasteiger partial charge in [0, 0.05) is 25.2 Å². The first-order valence-corrected chi connectivity index (χ1v) is 13.1. The predicted octanol–water partition coefficient (Wildman–Crippen LogP) is 6.33. The number of nitrogens with zero attached hydrogens (tertiary/aromatic N) is 2. The Labute approximate surface area is 221 Å². The van der Waals surface area contributed by atoms with Gasteiger partial charge < -0.3 is 14.0 Å². The normalized spacial score (nSPS) is 22.2. The summed E-state index contributed by atoms with van der Waals surface area (Å²) in [7, 11) is 0. The maximum atomic E-state index is 14.7. The molecule has 0 N–H and O–H groups in total. The van der Waals surface area contributed by atoms with Crippen LogP contribution in [0.15, 0.2) is 72.8 Å². The van der Waals surface area contributed by atoms with Gasteiger partial charge in [-0.1, -0.05) is 36.4 Å². The van der Waals surface area contributed by atoms with Crippen molar-refractivity contribution < 1.29 is 31.9 Å². The summed E-state index contributed by atoms with van der Waals surface area (Å²) in [6.45, 7) is 4.02. The molecular formula is C30H32F3N2O3+. The van der Waals surface area contributed by atoms with E-state index < -0.39 is 11.9 Å². The predicted molar refractivity (Wildman–Crippen MR) is 138 cm³/mol. The van der Waals surface area contributed by atoms with Gasteiger partial charge in [-0.2, -0.15) is 0 Å². The number of amides is 1. The van der Waals surface area contributed by atoms with Crippen molar-refractivity contribution >= 4 is 11.8 Å². The van der Waals surface area contributed by atoms with Crippen LogP contribution in [0.2, 0.25) is 0 Å². The quantitative estimate of drug-likeness (QED) is 0.242. The monoisotopic (exact) mass is 525 g/mol. The first kappa shape index (κ1) is 26.1. The lowest BCUT2D eigenvalue weighted by Gasteiger charge is -2.52. The van der Waals surface area contributed by atoms with E-state index in [1.165, 1.54) is 29.2 Å². The van der Waals surface area contributed by atoms with E-state index in [4.69, 9.17) is 9.47 Å². The van der Waals surface area contributed by atoms with Crippen LogP contribution in [0.5, 0.6) is 5.75 Å². The number of fused-ring (bicyclic) bond motifs is 3. The number of rotatable bonds is 9. The van der Waals surface area contributed by atoms with Gasteiger partial charge in [0.05, 0.1) is 38.5 Å². The van der Waals surface area contributed by atoms with Crippen LogP contribution in [0.1, 0.15) is 24.8 Å². The van der Waals surface area contributed by atoms with Crippen molar-refractivity contribution in [1.82, 2.24) is 0 Å². The van der Waals surface area contributed by atoms with Crippen molar-refractivity contribution in [2.75, 3.05) is 37.7 Å². The first-order chi connectivity index (χ1) is 18.4. The number of quaternary nitrogens is 1. The minimum Gasteiger partial charge on any atom is -0.490 e. The Morgan fingerprint density at radius 1 is 0.895 bits per heavy atom. The average molecular weight is 526 g/mol. The van der Waals surface area contributed by atoms with Crippen LogP contribution < -0.4 is 9.64 Å². The Morgan fingerprint density at radius 2 is 1.58 bits per heavy atom. The Bertz CT molecular complexity index is 1250. The molecule has 3 aliphatic rings. The van der Waals surface area contributed by atoms with Crippen LogP contribution in [-0.4, -0.2) is 49.5 Å². The number of anilines is 1. The zero-order valence-electron chi connectivity index (χ0n) is 21.2. The molecule has 1 amide bonds. The van der Waals surface area contributed by atoms with Crippen molar-refractivity contribution in [2.24, 2.45) is 5.92 Å². The third-order valence-corrected chi connectivity index (χ3v) is 7.78. The van der Waals surface area contributed by atoms with E-state index in [2.05, 4.69) is 0 Å². The molecule has 38 heavy (non-hydrogen) atoms. The molecule has 1 unspecified atom stereocenters. The van der Waals surface area contributed by atoms with Gasteiger partial charge in [-0.25, -0.2) is 18.0 Å². The fourth-order valence-electron chi connectivity index (χ4n) is 5.70. The largest absolute Gasteiger partial charge is 0.490 e. The van der Waals surface area contributed by atoms with Crippen molar-refractivity contribution in [3.63, 3.8) is 0 Å². The number of piperidine rings is 3. The van der Waals surface area contributed by atoms with Gasteiger partial charge in [-0.05, 0) is 42.0 Å². The lowest BCUT2D eigenvalue weighted by Crippen LogP contribution is -2.65. The van der Waals surface area contributed by atoms with Gasteiger partial charge >= 0.3 is 6.09 Å². The van der Waals surface area contributed by atoms with E-state index in [9.17, 15) is 18.0 Å². The SMILES string of the molecule is O=C(OC1C[N+]2(CCCOc3ccccc3F)CCC1CC2)N(Cc1ccc(F)cc1)c1ccccc1F. The fraction of sp³-hybridized carbons (Fsp3) is 0.367. The zero-order chi connectivity index (χ0) is 26.5. The number of hydrogen-bond donors (Lipinski definition) is 0. The Hall–Kier alpha value is -3.52. The first-order valence-electron chi connectivity index (χ1n) is 13.1. The second-order valence-electron chi connectivity index (χ2n) is 10.3. The smallest absolute Gasteiger partial charge is 0.415 e. The highest BCUT2D eigenvalue weighted by Crippen LogP contribution is 2.36. The maximum absolute atomic E-state index is 14.7. The van der Waals surface area contributed by atoms with Crippen LogP contribution in [-0.2, 0) is 11.3 Å². The summed E-state index contributed by atoms with van der Waals surface area (Å²) in [4.78, 5) is 14.8. The van der Waals surface area contributed by atoms with E-state index in [1.807, 2.05) is 0 Å². The summed E-state index contributed by atoms with van der Waals surface area (Å²) >= 11 is 0. The molecule has 2 bridgehead atoms. The Morgan fingerprint density at radius 3 is 2.29 bits per heavy atom. The summed E-state index contributed by atoms with van der Waals surface area (Å²) in [5.74, 6) is -0.758. The van der Waals surface area contributed by atoms with Crippen LogP contribution >= 0.6 is 0 Å². The molecule has 3 aromatic rings. The molecule has 3 fully saturated rings. The highest BCUT2D eigenvalue weighted by Gasteiger charge is 2.47. The topological polar surface area (TPSA) is 38.8 Å². The molecule has 6 rings (SSSR count). The lowest BCUT2D eigenvalue weighted by molar-refractivity contribution is -0.946. The van der Waals surface area contributed by atoms with E-state index in [0.29, 0.717) is 18.7 Å². The van der Waals surface area contributed by atoms with E-state index >= 15 is 0 Å². The third-order valence-electron chi connectivity index (χ3n) is 7.78. The van der Waals surface area contributed by atoms with Gasteiger partial charge in [0.1, 0.15) is 18.2 Å². The van der Waals surface area contributed by atoms with Crippen molar-refractivity contribution in [3.05, 3.63) is 95.8 Å². The zero-order valence-corrected chi connectivity index (χ0v) is 21.2. The molecule has 0 spiro atoms. The molecule has 5 nitrogen and oxygen atoms in total. The summed E-state index contributed by atoms with van der Waals surface area (Å²) in [5.41, 5.74) is 0.788. The molecule has 3 saturated heterocycles. The third kappa shape index (κ3) is 5.96. The van der Waals surface area contributed by atoms with Crippen LogP contribution in [0.3, 0.4) is 0 Å². The molecule has 200 valence electrons. The fourth-order valence-corrected chi connectivity index (χ4v) is 5.70. The highest BCUT2D eigenvalue weighted by atomic mass is 19.1. The number of ether oxygens (including phenoxy) is 2. The molecule has 0 aliphatic carbocycles. The molecule has 0 aromatic heterocycles. The molecule has 3 heterocycles. The Balaban J connectivity index is 1.24. The van der Waals surface area contributed by atoms with Crippen LogP contribution in [0.4, 0.5) is 23.7 Å². The highest BCUT2D eigenvalue weighted by molar-refractivity contribution is 5.87. The van der Waals surface area contributed by atoms with Crippen molar-refractivity contribution in [2.45, 2.75) is 31.9 Å². The summed E-state index contributed by atoms with van der Waals surface area (Å²) in [5, 5.41) is 0. The number of benzene rings is 3. The van der Waals surface area contributed by atoms with E-state index in [-0.39, 0.29) is 41.6 Å². The number of carbonyl (C=O) groups excluding carboxylic acids is 1. The van der Waals surface area contributed by atoms with Gasteiger partial charge in [-0.15, -0.1) is 0 Å². The van der Waals surface area contributed by atoms with Crippen LogP contribution in [0, 0.1) is 23.4 Å². The average Bonchev–Trinajstić information content (AvgIpc) is 2.93. The van der Waals surface area contributed by atoms with E-state index in [0.717, 1.165) is 43.4 Å². The molecule has 0 saturated carbocycles. The van der Waals surface area contributed by atoms with Crippen LogP contribution in [0.25, 0.3) is 0 Å². The Kier molecular flexibility index (Phi) is 7.88. The molecule has 3 aliphatic heterocycles. The standard InChI is InChI=1S/C30H32F3N2O3/c31-24-12-10-22(11-13-24)20-34(27-8-3-1-6-25(27)32)30(36)38-29-21-35(17-14-23(29)15-18-35)16-5-19-37-28-9-4-2-7-26(28)33/h1-4,6-13,23,29H,5,14-21H2/q+1.